The van der Waals surface area contributed by atoms with Gasteiger partial charge in [-0.25, -0.2) is 0 Å². The highest BCUT2D eigenvalue weighted by molar-refractivity contribution is 6.31. The molecule has 0 fully saturated rings. The highest BCUT2D eigenvalue weighted by atomic mass is 35.5. The maximum atomic E-state index is 9.72. The van der Waals surface area contributed by atoms with Gasteiger partial charge in [0.25, 0.3) is 0 Å². The van der Waals surface area contributed by atoms with Crippen LogP contribution in [0.5, 0.6) is 11.5 Å². The Balaban J connectivity index is 1.50. The molecule has 0 bridgehead atoms. The van der Waals surface area contributed by atoms with Crippen molar-refractivity contribution >= 4 is 11.6 Å². The molecule has 1 aromatic carbocycles. The van der Waals surface area contributed by atoms with E-state index in [1.54, 1.807) is 6.07 Å². The fourth-order valence-corrected chi connectivity index (χ4v) is 3.27. The van der Waals surface area contributed by atoms with Crippen LogP contribution in [0.4, 0.5) is 0 Å². The van der Waals surface area contributed by atoms with E-state index in [2.05, 4.69) is 10.00 Å². The van der Waals surface area contributed by atoms with Crippen LogP contribution in [0.3, 0.4) is 0 Å². The number of ether oxygens (including phenoxy) is 2. The summed E-state index contributed by atoms with van der Waals surface area (Å²) in [5, 5.41) is 23.8. The summed E-state index contributed by atoms with van der Waals surface area (Å²) in [6.45, 7) is 2.86. The molecular formula is C16H18ClN3O4. The number of rotatable bonds is 4. The van der Waals surface area contributed by atoms with Gasteiger partial charge in [-0.15, -0.1) is 0 Å². The van der Waals surface area contributed by atoms with Crippen LogP contribution >= 0.6 is 11.6 Å². The largest absolute Gasteiger partial charge is 0.454 e. The topological polar surface area (TPSA) is 80.0 Å². The molecule has 128 valence electrons. The van der Waals surface area contributed by atoms with Crippen molar-refractivity contribution < 1.29 is 19.7 Å². The number of aromatic nitrogens is 2. The molecule has 1 aromatic heterocycles. The quantitative estimate of drug-likeness (QED) is 0.864. The third kappa shape index (κ3) is 2.84. The number of fused-ring (bicyclic) bond motifs is 2. The molecule has 2 aliphatic rings. The molecule has 3 heterocycles. The molecule has 0 aliphatic carbocycles. The van der Waals surface area contributed by atoms with Crippen LogP contribution in [0.1, 0.15) is 23.1 Å². The van der Waals surface area contributed by atoms with Gasteiger partial charge in [0.1, 0.15) is 6.10 Å². The smallest absolute Gasteiger partial charge is 0.231 e. The Morgan fingerprint density at radius 1 is 1.21 bits per heavy atom. The second-order valence-corrected chi connectivity index (χ2v) is 6.40. The molecule has 0 spiro atoms. The lowest BCUT2D eigenvalue weighted by molar-refractivity contribution is 0.0915. The third-order valence-corrected chi connectivity index (χ3v) is 4.70. The molecule has 24 heavy (non-hydrogen) atoms. The van der Waals surface area contributed by atoms with Crippen LogP contribution in [-0.4, -0.2) is 44.8 Å². The fourth-order valence-electron chi connectivity index (χ4n) is 3.06. The Labute approximate surface area is 144 Å². The molecule has 2 aromatic rings. The molecule has 1 atom stereocenters. The minimum Gasteiger partial charge on any atom is -0.454 e. The molecule has 7 nitrogen and oxygen atoms in total. The molecule has 0 saturated carbocycles. The first-order valence-electron chi connectivity index (χ1n) is 7.80. The van der Waals surface area contributed by atoms with Crippen molar-refractivity contribution in [3.05, 3.63) is 40.2 Å². The van der Waals surface area contributed by atoms with E-state index in [4.69, 9.17) is 26.2 Å². The first-order chi connectivity index (χ1) is 11.6. The van der Waals surface area contributed by atoms with Gasteiger partial charge < -0.3 is 19.7 Å². The van der Waals surface area contributed by atoms with Crippen LogP contribution < -0.4 is 9.47 Å². The van der Waals surface area contributed by atoms with Crippen molar-refractivity contribution in [2.45, 2.75) is 25.7 Å². The van der Waals surface area contributed by atoms with Gasteiger partial charge in [0.2, 0.25) is 6.79 Å². The van der Waals surface area contributed by atoms with Gasteiger partial charge >= 0.3 is 0 Å². The van der Waals surface area contributed by atoms with Crippen LogP contribution in [0.2, 0.25) is 5.02 Å². The van der Waals surface area contributed by atoms with Gasteiger partial charge in [-0.3, -0.25) is 9.58 Å². The Kier molecular flexibility index (Phi) is 4.09. The molecule has 4 rings (SSSR count). The van der Waals surface area contributed by atoms with Gasteiger partial charge in [0.15, 0.2) is 11.5 Å². The fraction of sp³-hybridized carbons (Fsp3) is 0.438. The Morgan fingerprint density at radius 2 is 2.00 bits per heavy atom. The SMILES string of the molecule is OC[C@@H](O)c1cc2n(n1)CCN(Cc1cc3c(cc1Cl)OCO3)C2. The molecule has 2 N–H and O–H groups in total. The number of benzene rings is 1. The minimum atomic E-state index is -0.931. The Bertz CT molecular complexity index is 764. The van der Waals surface area contributed by atoms with E-state index < -0.39 is 6.10 Å². The maximum absolute atomic E-state index is 9.72. The maximum Gasteiger partial charge on any atom is 0.231 e. The number of hydrogen-bond donors (Lipinski definition) is 2. The summed E-state index contributed by atoms with van der Waals surface area (Å²) >= 11 is 6.35. The minimum absolute atomic E-state index is 0.230. The van der Waals surface area contributed by atoms with E-state index >= 15 is 0 Å². The number of nitrogens with zero attached hydrogens (tertiary/aromatic N) is 3. The summed E-state index contributed by atoms with van der Waals surface area (Å²) in [4.78, 5) is 2.26. The summed E-state index contributed by atoms with van der Waals surface area (Å²) in [7, 11) is 0. The monoisotopic (exact) mass is 351 g/mol. The number of aliphatic hydroxyl groups excluding tert-OH is 2. The van der Waals surface area contributed by atoms with Gasteiger partial charge in [-0.1, -0.05) is 11.6 Å². The molecule has 0 radical (unpaired) electrons. The average Bonchev–Trinajstić information content (AvgIpc) is 3.20. The highest BCUT2D eigenvalue weighted by Crippen LogP contribution is 2.37. The Hall–Kier alpha value is -1.80. The van der Waals surface area contributed by atoms with Crippen LogP contribution in [0.25, 0.3) is 0 Å². The van der Waals surface area contributed by atoms with E-state index in [1.807, 2.05) is 16.8 Å². The van der Waals surface area contributed by atoms with Crippen molar-refractivity contribution in [1.82, 2.24) is 14.7 Å². The summed E-state index contributed by atoms with van der Waals surface area (Å²) in [5.74, 6) is 1.41. The zero-order valence-electron chi connectivity index (χ0n) is 13.0. The molecule has 8 heteroatoms. The normalized spacial score (nSPS) is 17.8. The Morgan fingerprint density at radius 3 is 2.79 bits per heavy atom. The van der Waals surface area contributed by atoms with E-state index in [9.17, 15) is 5.11 Å². The lowest BCUT2D eigenvalue weighted by Crippen LogP contribution is -2.33. The lowest BCUT2D eigenvalue weighted by Gasteiger charge is -2.27. The molecule has 0 saturated heterocycles. The van der Waals surface area contributed by atoms with Crippen LogP contribution in [-0.2, 0) is 19.6 Å². The summed E-state index contributed by atoms with van der Waals surface area (Å²) in [6, 6.07) is 5.56. The van der Waals surface area contributed by atoms with Gasteiger partial charge in [0, 0.05) is 30.7 Å². The zero-order chi connectivity index (χ0) is 16.7. The van der Waals surface area contributed by atoms with Crippen molar-refractivity contribution in [2.24, 2.45) is 0 Å². The van der Waals surface area contributed by atoms with E-state index in [0.717, 1.165) is 30.1 Å². The van der Waals surface area contributed by atoms with Crippen molar-refractivity contribution in [1.29, 1.82) is 0 Å². The summed E-state index contributed by atoms with van der Waals surface area (Å²) in [5.41, 5.74) is 2.51. The second-order valence-electron chi connectivity index (χ2n) is 5.99. The summed E-state index contributed by atoms with van der Waals surface area (Å²) in [6.07, 6.45) is -0.931. The molecule has 0 unspecified atom stereocenters. The number of halogens is 1. The van der Waals surface area contributed by atoms with E-state index in [-0.39, 0.29) is 13.4 Å². The number of hydrogen-bond acceptors (Lipinski definition) is 6. The first-order valence-corrected chi connectivity index (χ1v) is 8.18. The van der Waals surface area contributed by atoms with Gasteiger partial charge in [-0.2, -0.15) is 5.10 Å². The third-order valence-electron chi connectivity index (χ3n) is 4.35. The number of aliphatic hydroxyl groups is 2. The van der Waals surface area contributed by atoms with Crippen molar-refractivity contribution in [3.63, 3.8) is 0 Å². The standard InChI is InChI=1S/C16H18ClN3O4/c17-12-5-16-15(23-9-24-16)3-10(12)6-19-1-2-20-11(7-19)4-13(18-20)14(22)8-21/h3-5,14,21-22H,1-2,6-9H2/t14-/m1/s1. The molecular weight excluding hydrogens is 334 g/mol. The zero-order valence-corrected chi connectivity index (χ0v) is 13.7. The second kappa shape index (κ2) is 6.25. The molecule has 2 aliphatic heterocycles. The van der Waals surface area contributed by atoms with Crippen molar-refractivity contribution in [3.8, 4) is 11.5 Å². The lowest BCUT2D eigenvalue weighted by atomic mass is 10.1. The van der Waals surface area contributed by atoms with E-state index in [1.165, 1.54) is 0 Å². The molecule has 0 amide bonds. The first kappa shape index (κ1) is 15.7. The predicted octanol–water partition coefficient (Wildman–Crippen LogP) is 1.31. The van der Waals surface area contributed by atoms with Gasteiger partial charge in [-0.05, 0) is 17.7 Å². The van der Waals surface area contributed by atoms with Crippen LogP contribution in [0.15, 0.2) is 18.2 Å². The van der Waals surface area contributed by atoms with Crippen LogP contribution in [0, 0.1) is 0 Å². The summed E-state index contributed by atoms with van der Waals surface area (Å²) < 4.78 is 12.6. The van der Waals surface area contributed by atoms with Gasteiger partial charge in [0.05, 0.1) is 24.5 Å². The average molecular weight is 352 g/mol. The highest BCUT2D eigenvalue weighted by Gasteiger charge is 2.23. The van der Waals surface area contributed by atoms with Crippen molar-refractivity contribution in [2.75, 3.05) is 19.9 Å². The van der Waals surface area contributed by atoms with E-state index in [0.29, 0.717) is 29.6 Å². The predicted molar refractivity (Wildman–Crippen MR) is 86.0 cm³/mol.